The lowest BCUT2D eigenvalue weighted by atomic mass is 9.93. The number of amides is 1. The van der Waals surface area contributed by atoms with Gasteiger partial charge in [0.1, 0.15) is 5.54 Å². The van der Waals surface area contributed by atoms with Crippen LogP contribution >= 0.6 is 0 Å². The Bertz CT molecular complexity index is 490. The summed E-state index contributed by atoms with van der Waals surface area (Å²) in [7, 11) is 0. The summed E-state index contributed by atoms with van der Waals surface area (Å²) >= 11 is 0. The molecule has 22 heavy (non-hydrogen) atoms. The van der Waals surface area contributed by atoms with Crippen LogP contribution in [0.5, 0.6) is 0 Å². The van der Waals surface area contributed by atoms with Gasteiger partial charge in [-0.25, -0.2) is 0 Å². The molecule has 2 heterocycles. The van der Waals surface area contributed by atoms with Gasteiger partial charge in [-0.1, -0.05) is 25.8 Å². The van der Waals surface area contributed by atoms with Gasteiger partial charge in [-0.15, -0.1) is 0 Å². The van der Waals surface area contributed by atoms with Crippen molar-refractivity contribution in [1.29, 1.82) is 0 Å². The fourth-order valence-electron chi connectivity index (χ4n) is 4.05. The number of carbonyl (C=O) groups is 1. The number of nitrogens with one attached hydrogen (secondary N) is 1. The maximum Gasteiger partial charge on any atom is 0.241 e. The maximum absolute atomic E-state index is 13.1. The third kappa shape index (κ3) is 2.89. The van der Waals surface area contributed by atoms with Crippen LogP contribution in [-0.4, -0.2) is 34.4 Å². The van der Waals surface area contributed by atoms with Gasteiger partial charge in [0.2, 0.25) is 5.91 Å². The van der Waals surface area contributed by atoms with Crippen LogP contribution in [0.2, 0.25) is 0 Å². The Labute approximate surface area is 133 Å². The lowest BCUT2D eigenvalue weighted by Crippen LogP contribution is -2.56. The van der Waals surface area contributed by atoms with Crippen LogP contribution in [0.15, 0.2) is 24.4 Å². The fourth-order valence-corrected chi connectivity index (χ4v) is 4.05. The van der Waals surface area contributed by atoms with Crippen LogP contribution in [-0.2, 0) is 4.79 Å². The van der Waals surface area contributed by atoms with E-state index >= 15 is 0 Å². The zero-order valence-corrected chi connectivity index (χ0v) is 13.6. The molecule has 1 aliphatic heterocycles. The first-order valence-corrected chi connectivity index (χ1v) is 8.73. The molecule has 1 saturated carbocycles. The average Bonchev–Trinajstić information content (AvgIpc) is 3.24. The average molecular weight is 301 g/mol. The Hall–Kier alpha value is -1.42. The molecule has 2 fully saturated rings. The third-order valence-corrected chi connectivity index (χ3v) is 5.32. The largest absolute Gasteiger partial charge is 0.346 e. The lowest BCUT2D eigenvalue weighted by Gasteiger charge is -2.38. The lowest BCUT2D eigenvalue weighted by molar-refractivity contribution is -0.133. The molecular formula is C18H27N3O. The van der Waals surface area contributed by atoms with Crippen LogP contribution in [0.4, 0.5) is 0 Å². The van der Waals surface area contributed by atoms with Crippen LogP contribution in [0.3, 0.4) is 0 Å². The number of rotatable bonds is 5. The third-order valence-electron chi connectivity index (χ3n) is 5.32. The second kappa shape index (κ2) is 6.78. The molecule has 0 aromatic carbocycles. The predicted molar refractivity (Wildman–Crippen MR) is 87.4 cm³/mol. The van der Waals surface area contributed by atoms with Gasteiger partial charge in [-0.3, -0.25) is 14.7 Å². The van der Waals surface area contributed by atoms with Crippen molar-refractivity contribution >= 4 is 5.91 Å². The second-order valence-corrected chi connectivity index (χ2v) is 6.62. The number of likely N-dealkylation sites (tertiary alicyclic amines) is 1. The SMILES string of the molecule is CC[C@H](NC(=O)C1(N2CCCC2)CCCC1)c1ccccn1. The maximum atomic E-state index is 13.1. The highest BCUT2D eigenvalue weighted by Gasteiger charge is 2.47. The molecule has 1 aliphatic carbocycles. The van der Waals surface area contributed by atoms with Crippen molar-refractivity contribution in [1.82, 2.24) is 15.2 Å². The normalized spacial score (nSPS) is 22.6. The van der Waals surface area contributed by atoms with Gasteiger partial charge in [0.15, 0.2) is 0 Å². The number of hydrogen-bond acceptors (Lipinski definition) is 3. The van der Waals surface area contributed by atoms with E-state index < -0.39 is 0 Å². The summed E-state index contributed by atoms with van der Waals surface area (Å²) in [5.74, 6) is 0.226. The van der Waals surface area contributed by atoms with E-state index in [1.165, 1.54) is 25.7 Å². The molecule has 1 saturated heterocycles. The Morgan fingerprint density at radius 2 is 2.00 bits per heavy atom. The summed E-state index contributed by atoms with van der Waals surface area (Å²) in [6.45, 7) is 4.26. The summed E-state index contributed by atoms with van der Waals surface area (Å²) in [4.78, 5) is 20.0. The van der Waals surface area contributed by atoms with Crippen molar-refractivity contribution in [2.75, 3.05) is 13.1 Å². The summed E-state index contributed by atoms with van der Waals surface area (Å²) in [5, 5.41) is 3.30. The summed E-state index contributed by atoms with van der Waals surface area (Å²) in [6.07, 6.45) is 9.50. The molecule has 1 N–H and O–H groups in total. The van der Waals surface area contributed by atoms with Crippen LogP contribution in [0, 0.1) is 0 Å². The molecule has 1 atom stereocenters. The van der Waals surface area contributed by atoms with E-state index in [1.807, 2.05) is 18.2 Å². The van der Waals surface area contributed by atoms with Crippen molar-refractivity contribution in [3.63, 3.8) is 0 Å². The minimum Gasteiger partial charge on any atom is -0.346 e. The first kappa shape index (κ1) is 15.5. The van der Waals surface area contributed by atoms with E-state index in [-0.39, 0.29) is 17.5 Å². The first-order valence-electron chi connectivity index (χ1n) is 8.73. The van der Waals surface area contributed by atoms with Crippen molar-refractivity contribution in [3.8, 4) is 0 Å². The standard InChI is InChI=1S/C18H27N3O/c1-2-15(16-9-3-6-12-19-16)20-17(22)18(10-4-5-11-18)21-13-7-8-14-21/h3,6,9,12,15H,2,4-5,7-8,10-11,13-14H2,1H3,(H,20,22)/t15-/m0/s1. The highest BCUT2D eigenvalue weighted by Crippen LogP contribution is 2.38. The van der Waals surface area contributed by atoms with Gasteiger partial charge in [0, 0.05) is 6.20 Å². The molecule has 120 valence electrons. The molecular weight excluding hydrogens is 274 g/mol. The molecule has 1 aromatic heterocycles. The minimum atomic E-state index is -0.251. The molecule has 0 spiro atoms. The van der Waals surface area contributed by atoms with Crippen molar-refractivity contribution in [3.05, 3.63) is 30.1 Å². The number of pyridine rings is 1. The summed E-state index contributed by atoms with van der Waals surface area (Å²) in [5.41, 5.74) is 0.714. The minimum absolute atomic E-state index is 0.0220. The van der Waals surface area contributed by atoms with Gasteiger partial charge in [-0.2, -0.15) is 0 Å². The first-order chi connectivity index (χ1) is 10.8. The fraction of sp³-hybridized carbons (Fsp3) is 0.667. The smallest absolute Gasteiger partial charge is 0.241 e. The Morgan fingerprint density at radius 1 is 1.27 bits per heavy atom. The molecule has 4 nitrogen and oxygen atoms in total. The van der Waals surface area contributed by atoms with Gasteiger partial charge in [0.25, 0.3) is 0 Å². The van der Waals surface area contributed by atoms with E-state index in [4.69, 9.17) is 0 Å². The van der Waals surface area contributed by atoms with Crippen molar-refractivity contribution in [2.45, 2.75) is 63.5 Å². The quantitative estimate of drug-likeness (QED) is 0.909. The molecule has 0 bridgehead atoms. The molecule has 1 aromatic rings. The Morgan fingerprint density at radius 3 is 2.59 bits per heavy atom. The molecule has 1 amide bonds. The Kier molecular flexibility index (Phi) is 4.77. The zero-order chi connectivity index (χ0) is 15.4. The van der Waals surface area contributed by atoms with Gasteiger partial charge >= 0.3 is 0 Å². The van der Waals surface area contributed by atoms with Crippen LogP contribution in [0.1, 0.15) is 63.6 Å². The molecule has 4 heteroatoms. The van der Waals surface area contributed by atoms with Crippen LogP contribution in [0.25, 0.3) is 0 Å². The summed E-state index contributed by atoms with van der Waals surface area (Å²) < 4.78 is 0. The number of aromatic nitrogens is 1. The molecule has 2 aliphatic rings. The van der Waals surface area contributed by atoms with Crippen molar-refractivity contribution < 1.29 is 4.79 Å². The van der Waals surface area contributed by atoms with E-state index in [0.29, 0.717) is 0 Å². The molecule has 0 radical (unpaired) electrons. The highest BCUT2D eigenvalue weighted by molar-refractivity contribution is 5.87. The van der Waals surface area contributed by atoms with Crippen LogP contribution < -0.4 is 5.32 Å². The van der Waals surface area contributed by atoms with E-state index in [0.717, 1.165) is 38.0 Å². The zero-order valence-electron chi connectivity index (χ0n) is 13.6. The topological polar surface area (TPSA) is 45.2 Å². The number of nitrogens with zero attached hydrogens (tertiary/aromatic N) is 2. The second-order valence-electron chi connectivity index (χ2n) is 6.62. The molecule has 3 rings (SSSR count). The monoisotopic (exact) mass is 301 g/mol. The molecule has 0 unspecified atom stereocenters. The summed E-state index contributed by atoms with van der Waals surface area (Å²) in [6, 6.07) is 5.93. The number of carbonyl (C=O) groups excluding carboxylic acids is 1. The van der Waals surface area contributed by atoms with E-state index in [9.17, 15) is 4.79 Å². The van der Waals surface area contributed by atoms with Gasteiger partial charge in [-0.05, 0) is 57.3 Å². The number of hydrogen-bond donors (Lipinski definition) is 1. The van der Waals surface area contributed by atoms with Gasteiger partial charge < -0.3 is 5.32 Å². The predicted octanol–water partition coefficient (Wildman–Crippen LogP) is 3.06. The highest BCUT2D eigenvalue weighted by atomic mass is 16.2. The van der Waals surface area contributed by atoms with Gasteiger partial charge in [0.05, 0.1) is 11.7 Å². The van der Waals surface area contributed by atoms with E-state index in [2.05, 4.69) is 22.1 Å². The van der Waals surface area contributed by atoms with E-state index in [1.54, 1.807) is 6.20 Å². The Balaban J connectivity index is 1.76. The van der Waals surface area contributed by atoms with Crippen molar-refractivity contribution in [2.24, 2.45) is 0 Å².